The van der Waals surface area contributed by atoms with Crippen LogP contribution in [0.4, 0.5) is 5.69 Å². The molecule has 0 spiro atoms. The number of carboxylic acid groups (broad SMARTS) is 1. The summed E-state index contributed by atoms with van der Waals surface area (Å²) >= 11 is 0. The molecule has 0 atom stereocenters. The highest BCUT2D eigenvalue weighted by molar-refractivity contribution is 5.93. The van der Waals surface area contributed by atoms with Crippen LogP contribution in [0.25, 0.3) is 22.4 Å². The number of hydrogen-bond donors (Lipinski definition) is 3. The van der Waals surface area contributed by atoms with E-state index in [2.05, 4.69) is 9.97 Å². The first-order chi connectivity index (χ1) is 11.4. The highest BCUT2D eigenvalue weighted by atomic mass is 16.6. The predicted octanol–water partition coefficient (Wildman–Crippen LogP) is 2.55. The van der Waals surface area contributed by atoms with Gasteiger partial charge in [-0.3, -0.25) is 10.1 Å². The lowest BCUT2D eigenvalue weighted by Gasteiger charge is -2.06. The number of phenols is 1. The quantitative estimate of drug-likeness (QED) is 0.493. The minimum atomic E-state index is -1.07. The summed E-state index contributed by atoms with van der Waals surface area (Å²) in [5, 5.41) is 29.9. The first-order valence-corrected chi connectivity index (χ1v) is 6.69. The Kier molecular flexibility index (Phi) is 3.53. The van der Waals surface area contributed by atoms with Crippen LogP contribution in [-0.2, 0) is 0 Å². The number of fused-ring (bicyclic) bond motifs is 1. The zero-order chi connectivity index (χ0) is 17.4. The predicted molar refractivity (Wildman–Crippen MR) is 83.4 cm³/mol. The van der Waals surface area contributed by atoms with Gasteiger partial charge < -0.3 is 19.9 Å². The van der Waals surface area contributed by atoms with Crippen molar-refractivity contribution in [2.45, 2.75) is 0 Å². The molecule has 0 bridgehead atoms. The highest BCUT2D eigenvalue weighted by Crippen LogP contribution is 2.39. The van der Waals surface area contributed by atoms with E-state index in [1.807, 2.05) is 0 Å². The van der Waals surface area contributed by atoms with Crippen LogP contribution in [-0.4, -0.2) is 38.2 Å². The third-order valence-corrected chi connectivity index (χ3v) is 3.47. The lowest BCUT2D eigenvalue weighted by molar-refractivity contribution is -0.385. The van der Waals surface area contributed by atoms with Crippen LogP contribution in [0.15, 0.2) is 30.3 Å². The normalized spacial score (nSPS) is 10.7. The number of nitro benzene ring substituents is 1. The first kappa shape index (κ1) is 15.3. The third-order valence-electron chi connectivity index (χ3n) is 3.47. The number of imidazole rings is 1. The van der Waals surface area contributed by atoms with E-state index in [0.29, 0.717) is 16.6 Å². The van der Waals surface area contributed by atoms with Crippen molar-refractivity contribution in [1.82, 2.24) is 9.97 Å². The van der Waals surface area contributed by atoms with Gasteiger partial charge in [-0.1, -0.05) is 0 Å². The summed E-state index contributed by atoms with van der Waals surface area (Å²) in [6.45, 7) is 0. The van der Waals surface area contributed by atoms with Crippen LogP contribution >= 0.6 is 0 Å². The van der Waals surface area contributed by atoms with Crippen molar-refractivity contribution in [3.8, 4) is 22.9 Å². The summed E-state index contributed by atoms with van der Waals surface area (Å²) in [4.78, 5) is 28.5. The summed E-state index contributed by atoms with van der Waals surface area (Å²) in [5.41, 5.74) is 0.872. The largest absolute Gasteiger partial charge is 0.500 e. The van der Waals surface area contributed by atoms with Crippen LogP contribution in [0.1, 0.15) is 10.4 Å². The molecule has 0 aliphatic heterocycles. The molecule has 3 aromatic rings. The number of benzene rings is 2. The van der Waals surface area contributed by atoms with Crippen LogP contribution in [0.5, 0.6) is 11.5 Å². The van der Waals surface area contributed by atoms with Crippen molar-refractivity contribution in [2.75, 3.05) is 7.11 Å². The maximum absolute atomic E-state index is 11.1. The van der Waals surface area contributed by atoms with Crippen molar-refractivity contribution in [3.63, 3.8) is 0 Å². The zero-order valence-corrected chi connectivity index (χ0v) is 12.3. The fourth-order valence-electron chi connectivity index (χ4n) is 2.30. The van der Waals surface area contributed by atoms with E-state index in [4.69, 9.17) is 9.84 Å². The number of ether oxygens (including phenoxy) is 1. The van der Waals surface area contributed by atoms with Gasteiger partial charge in [0.05, 0.1) is 28.6 Å². The van der Waals surface area contributed by atoms with Gasteiger partial charge in [-0.05, 0) is 24.3 Å². The second kappa shape index (κ2) is 5.54. The second-order valence-corrected chi connectivity index (χ2v) is 4.93. The summed E-state index contributed by atoms with van der Waals surface area (Å²) in [6, 6.07) is 6.92. The van der Waals surface area contributed by atoms with E-state index < -0.39 is 22.3 Å². The molecule has 1 aromatic heterocycles. The van der Waals surface area contributed by atoms with E-state index >= 15 is 0 Å². The number of phenolic OH excluding ortho intramolecular Hbond substituents is 1. The van der Waals surface area contributed by atoms with E-state index in [-0.39, 0.29) is 17.1 Å². The molecule has 122 valence electrons. The number of nitrogens with one attached hydrogen (secondary N) is 1. The van der Waals surface area contributed by atoms with Crippen molar-refractivity contribution in [1.29, 1.82) is 0 Å². The van der Waals surface area contributed by atoms with Gasteiger partial charge in [0.2, 0.25) is 5.75 Å². The summed E-state index contributed by atoms with van der Waals surface area (Å²) in [7, 11) is 1.28. The number of rotatable bonds is 4. The third kappa shape index (κ3) is 2.47. The molecule has 3 N–H and O–H groups in total. The number of aromatic amines is 1. The zero-order valence-electron chi connectivity index (χ0n) is 12.3. The lowest BCUT2D eigenvalue weighted by Crippen LogP contribution is -1.94. The lowest BCUT2D eigenvalue weighted by atomic mass is 10.1. The van der Waals surface area contributed by atoms with Crippen molar-refractivity contribution < 1.29 is 24.7 Å². The minimum absolute atomic E-state index is 0.0640. The van der Waals surface area contributed by atoms with E-state index in [1.165, 1.54) is 31.4 Å². The average molecular weight is 329 g/mol. The Labute approximate surface area is 134 Å². The first-order valence-electron chi connectivity index (χ1n) is 6.69. The Morgan fingerprint density at radius 2 is 2.08 bits per heavy atom. The number of aromatic hydroxyl groups is 1. The van der Waals surface area contributed by atoms with Gasteiger partial charge in [-0.15, -0.1) is 0 Å². The average Bonchev–Trinajstić information content (AvgIpc) is 2.97. The second-order valence-electron chi connectivity index (χ2n) is 4.93. The molecule has 0 fully saturated rings. The molecule has 0 saturated carbocycles. The summed E-state index contributed by atoms with van der Waals surface area (Å²) in [6.07, 6.45) is 0. The topological polar surface area (TPSA) is 139 Å². The fourth-order valence-corrected chi connectivity index (χ4v) is 2.30. The number of nitro groups is 1. The van der Waals surface area contributed by atoms with Gasteiger partial charge in [0.25, 0.3) is 0 Å². The number of aromatic carboxylic acids is 1. The molecule has 0 radical (unpaired) electrons. The molecule has 0 aliphatic rings. The molecule has 0 amide bonds. The van der Waals surface area contributed by atoms with E-state index in [9.17, 15) is 20.0 Å². The number of hydrogen-bond acceptors (Lipinski definition) is 6. The number of carbonyl (C=O) groups is 1. The van der Waals surface area contributed by atoms with Gasteiger partial charge in [0.15, 0.2) is 5.75 Å². The van der Waals surface area contributed by atoms with Gasteiger partial charge >= 0.3 is 11.7 Å². The van der Waals surface area contributed by atoms with Gasteiger partial charge in [-0.25, -0.2) is 9.78 Å². The van der Waals surface area contributed by atoms with Crippen LogP contribution < -0.4 is 4.74 Å². The minimum Gasteiger partial charge on any atom is -0.500 e. The number of aromatic nitrogens is 2. The van der Waals surface area contributed by atoms with E-state index in [1.54, 1.807) is 0 Å². The number of methoxy groups -OCH3 is 1. The Bertz CT molecular complexity index is 979. The van der Waals surface area contributed by atoms with Crippen molar-refractivity contribution >= 4 is 22.7 Å². The SMILES string of the molecule is COc1cc(-c2nc3ccc(C(=O)O)cc3[nH]2)cc([N+](=O)[O-])c1O. The Balaban J connectivity index is 2.18. The van der Waals surface area contributed by atoms with Gasteiger partial charge in [0, 0.05) is 11.6 Å². The van der Waals surface area contributed by atoms with E-state index in [0.717, 1.165) is 6.07 Å². The van der Waals surface area contributed by atoms with Crippen molar-refractivity contribution in [2.24, 2.45) is 0 Å². The molecule has 0 aliphatic carbocycles. The molecule has 24 heavy (non-hydrogen) atoms. The molecule has 9 heteroatoms. The molecule has 2 aromatic carbocycles. The number of carboxylic acids is 1. The maximum atomic E-state index is 11.1. The highest BCUT2D eigenvalue weighted by Gasteiger charge is 2.21. The van der Waals surface area contributed by atoms with Crippen LogP contribution in [0, 0.1) is 10.1 Å². The van der Waals surface area contributed by atoms with Crippen molar-refractivity contribution in [3.05, 3.63) is 46.0 Å². The smallest absolute Gasteiger partial charge is 0.335 e. The standard InChI is InChI=1S/C15H11N3O6/c1-24-12-6-8(5-11(13(12)19)18(22)23)14-16-9-3-2-7(15(20)21)4-10(9)17-14/h2-6,19H,1H3,(H,16,17)(H,20,21). The Hall–Kier alpha value is -3.62. The summed E-state index contributed by atoms with van der Waals surface area (Å²) < 4.78 is 4.95. The molecule has 9 nitrogen and oxygen atoms in total. The molecule has 0 unspecified atom stereocenters. The molecule has 0 saturated heterocycles. The van der Waals surface area contributed by atoms with Crippen LogP contribution in [0.2, 0.25) is 0 Å². The number of nitrogens with zero attached hydrogens (tertiary/aromatic N) is 2. The molecular formula is C15H11N3O6. The fraction of sp³-hybridized carbons (Fsp3) is 0.0667. The van der Waals surface area contributed by atoms with Crippen LogP contribution in [0.3, 0.4) is 0 Å². The molecular weight excluding hydrogens is 318 g/mol. The monoisotopic (exact) mass is 329 g/mol. The summed E-state index contributed by atoms with van der Waals surface area (Å²) in [5.74, 6) is -1.43. The number of H-pyrrole nitrogens is 1. The Morgan fingerprint density at radius 3 is 2.71 bits per heavy atom. The molecule has 3 rings (SSSR count). The Morgan fingerprint density at radius 1 is 1.33 bits per heavy atom. The van der Waals surface area contributed by atoms with Gasteiger partial charge in [-0.2, -0.15) is 0 Å². The molecule has 1 heterocycles. The van der Waals surface area contributed by atoms with Gasteiger partial charge in [0.1, 0.15) is 5.82 Å². The maximum Gasteiger partial charge on any atom is 0.335 e.